The summed E-state index contributed by atoms with van der Waals surface area (Å²) >= 11 is 0. The number of amides is 5. The van der Waals surface area contributed by atoms with Crippen molar-refractivity contribution in [3.63, 3.8) is 0 Å². The Labute approximate surface area is 194 Å². The second-order valence-electron chi connectivity index (χ2n) is 7.94. The zero-order valence-corrected chi connectivity index (χ0v) is 18.4. The molecule has 3 rings (SSSR count). The van der Waals surface area contributed by atoms with E-state index in [4.69, 9.17) is 5.11 Å². The number of hydrogen-bond acceptors (Lipinski definition) is 7. The Morgan fingerprint density at radius 2 is 1.97 bits per heavy atom. The molecule has 1 aromatic carbocycles. The molecule has 0 aliphatic carbocycles. The second-order valence-corrected chi connectivity index (χ2v) is 7.94. The average molecular weight is 475 g/mol. The highest BCUT2D eigenvalue weighted by atomic mass is 16.4. The standard InChI is InChI=1S/C21H25N5O8/c1-12-14(4-2-6-16(12)28)19(32)23-24-9-7-17(29)25-8-3-5-15(26(25)21(24)34)20(33)22-13(11-27)10-18(30)31/h2,4,6,11,13,15,28H,3,5,7-10H2,1H3,(H,22,33)(H,23,32)(H,30,31)/t13-,15-/m0/s1. The number of phenols is 1. The molecular weight excluding hydrogens is 450 g/mol. The first kappa shape index (κ1) is 24.5. The van der Waals surface area contributed by atoms with Crippen LogP contribution in [0.25, 0.3) is 0 Å². The number of phenolic OH excluding ortho intramolecular Hbond substituents is 1. The number of aldehydes is 1. The molecule has 182 valence electrons. The van der Waals surface area contributed by atoms with Crippen molar-refractivity contribution in [3.05, 3.63) is 29.3 Å². The maximum Gasteiger partial charge on any atom is 0.358 e. The molecule has 2 saturated heterocycles. The van der Waals surface area contributed by atoms with E-state index in [-0.39, 0.29) is 43.5 Å². The van der Waals surface area contributed by atoms with Crippen molar-refractivity contribution in [1.29, 1.82) is 0 Å². The second kappa shape index (κ2) is 10.2. The molecule has 1 aromatic rings. The number of rotatable bonds is 7. The molecule has 0 saturated carbocycles. The molecule has 0 spiro atoms. The lowest BCUT2D eigenvalue weighted by Gasteiger charge is -2.42. The lowest BCUT2D eigenvalue weighted by molar-refractivity contribution is -0.155. The minimum absolute atomic E-state index is 0.102. The van der Waals surface area contributed by atoms with Crippen LogP contribution in [-0.2, 0) is 19.2 Å². The summed E-state index contributed by atoms with van der Waals surface area (Å²) in [4.78, 5) is 73.8. The van der Waals surface area contributed by atoms with Crippen molar-refractivity contribution in [2.24, 2.45) is 0 Å². The van der Waals surface area contributed by atoms with Gasteiger partial charge in [-0.2, -0.15) is 0 Å². The average Bonchev–Trinajstić information content (AvgIpc) is 2.92. The summed E-state index contributed by atoms with van der Waals surface area (Å²) in [5, 5.41) is 24.0. The SMILES string of the molecule is Cc1c(O)cccc1C(=O)NN1CCC(=O)N2CCC[C@@H](C(=O)N[C@H](C=O)CC(=O)O)N2C1=O. The molecule has 2 atom stereocenters. The Morgan fingerprint density at radius 3 is 2.65 bits per heavy atom. The van der Waals surface area contributed by atoms with Crippen molar-refractivity contribution < 1.29 is 39.0 Å². The number of fused-ring (bicyclic) bond motifs is 1. The molecule has 0 radical (unpaired) electrons. The lowest BCUT2D eigenvalue weighted by atomic mass is 10.1. The molecule has 13 nitrogen and oxygen atoms in total. The van der Waals surface area contributed by atoms with Crippen molar-refractivity contribution >= 4 is 36.0 Å². The van der Waals surface area contributed by atoms with Gasteiger partial charge in [0.05, 0.1) is 19.0 Å². The van der Waals surface area contributed by atoms with E-state index in [1.807, 2.05) is 0 Å². The monoisotopic (exact) mass is 475 g/mol. The third-order valence-electron chi connectivity index (χ3n) is 5.64. The minimum atomic E-state index is -1.30. The number of carbonyl (C=O) groups excluding carboxylic acids is 5. The molecule has 0 bridgehead atoms. The Bertz CT molecular complexity index is 1030. The van der Waals surface area contributed by atoms with E-state index >= 15 is 0 Å². The largest absolute Gasteiger partial charge is 0.508 e. The van der Waals surface area contributed by atoms with Crippen LogP contribution in [-0.4, -0.2) is 86.4 Å². The number of nitrogens with one attached hydrogen (secondary N) is 2. The molecule has 13 heteroatoms. The van der Waals surface area contributed by atoms with E-state index in [0.29, 0.717) is 12.0 Å². The van der Waals surface area contributed by atoms with E-state index in [0.717, 1.165) is 15.0 Å². The third kappa shape index (κ3) is 5.08. The van der Waals surface area contributed by atoms with Gasteiger partial charge in [-0.3, -0.25) is 24.6 Å². The molecule has 0 aromatic heterocycles. The van der Waals surface area contributed by atoms with Crippen LogP contribution in [0, 0.1) is 6.92 Å². The highest BCUT2D eigenvalue weighted by Crippen LogP contribution is 2.24. The smallest absolute Gasteiger partial charge is 0.358 e. The molecule has 34 heavy (non-hydrogen) atoms. The van der Waals surface area contributed by atoms with Gasteiger partial charge >= 0.3 is 12.0 Å². The fourth-order valence-corrected chi connectivity index (χ4v) is 3.87. The topological polar surface area (TPSA) is 177 Å². The molecule has 2 heterocycles. The van der Waals surface area contributed by atoms with E-state index < -0.39 is 48.2 Å². The summed E-state index contributed by atoms with van der Waals surface area (Å²) in [5.74, 6) is -3.31. The van der Waals surface area contributed by atoms with Crippen molar-refractivity contribution in [2.45, 2.75) is 44.7 Å². The quantitative estimate of drug-likeness (QED) is 0.383. The van der Waals surface area contributed by atoms with Gasteiger partial charge in [0, 0.05) is 24.1 Å². The number of carboxylic acids is 1. The van der Waals surface area contributed by atoms with Gasteiger partial charge in [-0.15, -0.1) is 0 Å². The fourth-order valence-electron chi connectivity index (χ4n) is 3.87. The number of urea groups is 1. The lowest BCUT2D eigenvalue weighted by Crippen LogP contribution is -2.64. The van der Waals surface area contributed by atoms with Gasteiger partial charge in [0.1, 0.15) is 18.1 Å². The summed E-state index contributed by atoms with van der Waals surface area (Å²) in [6.45, 7) is 1.55. The Kier molecular flexibility index (Phi) is 7.34. The number of benzene rings is 1. The van der Waals surface area contributed by atoms with Gasteiger partial charge in [-0.25, -0.2) is 19.8 Å². The highest BCUT2D eigenvalue weighted by Gasteiger charge is 2.44. The van der Waals surface area contributed by atoms with Crippen molar-refractivity contribution in [1.82, 2.24) is 25.8 Å². The summed E-state index contributed by atoms with van der Waals surface area (Å²) in [5.41, 5.74) is 2.85. The zero-order valence-electron chi connectivity index (χ0n) is 18.4. The van der Waals surface area contributed by atoms with Gasteiger partial charge in [0.25, 0.3) is 5.91 Å². The molecule has 2 aliphatic heterocycles. The molecule has 2 aliphatic rings. The van der Waals surface area contributed by atoms with E-state index in [1.54, 1.807) is 0 Å². The number of carbonyl (C=O) groups is 6. The van der Waals surface area contributed by atoms with Gasteiger partial charge < -0.3 is 20.3 Å². The van der Waals surface area contributed by atoms with Crippen LogP contribution in [0.3, 0.4) is 0 Å². The van der Waals surface area contributed by atoms with E-state index in [1.165, 1.54) is 25.1 Å². The number of carboxylic acid groups (broad SMARTS) is 1. The molecule has 2 fully saturated rings. The summed E-state index contributed by atoms with van der Waals surface area (Å²) in [6.07, 6.45) is 0.0859. The maximum atomic E-state index is 13.3. The van der Waals surface area contributed by atoms with E-state index in [2.05, 4.69) is 10.7 Å². The van der Waals surface area contributed by atoms with Crippen molar-refractivity contribution in [2.75, 3.05) is 13.1 Å². The predicted octanol–water partition coefficient (Wildman–Crippen LogP) is -0.462. The summed E-state index contributed by atoms with van der Waals surface area (Å²) in [6, 6.07) is 1.01. The Hall–Kier alpha value is -4.16. The highest BCUT2D eigenvalue weighted by molar-refractivity contribution is 5.98. The Balaban J connectivity index is 1.83. The third-order valence-corrected chi connectivity index (χ3v) is 5.64. The molecule has 0 unspecified atom stereocenters. The van der Waals surface area contributed by atoms with Crippen LogP contribution in [0.4, 0.5) is 4.79 Å². The summed E-state index contributed by atoms with van der Waals surface area (Å²) < 4.78 is 0. The number of nitrogens with zero attached hydrogens (tertiary/aromatic N) is 3. The number of hydrogen-bond donors (Lipinski definition) is 4. The Morgan fingerprint density at radius 1 is 1.24 bits per heavy atom. The maximum absolute atomic E-state index is 13.3. The normalized spacial score (nSPS) is 19.1. The molecular formula is C21H25N5O8. The number of aromatic hydroxyl groups is 1. The van der Waals surface area contributed by atoms with Crippen LogP contribution < -0.4 is 10.7 Å². The summed E-state index contributed by atoms with van der Waals surface area (Å²) in [7, 11) is 0. The molecule has 5 amide bonds. The first-order chi connectivity index (χ1) is 16.1. The van der Waals surface area contributed by atoms with Gasteiger partial charge in [-0.05, 0) is 31.9 Å². The van der Waals surface area contributed by atoms with Gasteiger partial charge in [0.15, 0.2) is 0 Å². The van der Waals surface area contributed by atoms with Crippen molar-refractivity contribution in [3.8, 4) is 5.75 Å². The molecule has 4 N–H and O–H groups in total. The van der Waals surface area contributed by atoms with Crippen LogP contribution in [0.2, 0.25) is 0 Å². The first-order valence-electron chi connectivity index (χ1n) is 10.6. The van der Waals surface area contributed by atoms with E-state index in [9.17, 15) is 33.9 Å². The first-order valence-corrected chi connectivity index (χ1v) is 10.6. The van der Waals surface area contributed by atoms with Gasteiger partial charge in [-0.1, -0.05) is 6.07 Å². The van der Waals surface area contributed by atoms with Crippen LogP contribution >= 0.6 is 0 Å². The fraction of sp³-hybridized carbons (Fsp3) is 0.429. The zero-order chi connectivity index (χ0) is 25.0. The number of hydrazine groups is 2. The van der Waals surface area contributed by atoms with Gasteiger partial charge in [0.2, 0.25) is 11.8 Å². The number of aliphatic carboxylic acids is 1. The van der Waals surface area contributed by atoms with Crippen LogP contribution in [0.1, 0.15) is 41.6 Å². The van der Waals surface area contributed by atoms with Crippen LogP contribution in [0.5, 0.6) is 5.75 Å². The predicted molar refractivity (Wildman–Crippen MR) is 114 cm³/mol. The minimum Gasteiger partial charge on any atom is -0.508 e. The van der Waals surface area contributed by atoms with Crippen LogP contribution in [0.15, 0.2) is 18.2 Å².